The van der Waals surface area contributed by atoms with E-state index in [4.69, 9.17) is 4.74 Å². The monoisotopic (exact) mass is 248 g/mol. The molecule has 0 aliphatic carbocycles. The Morgan fingerprint density at radius 3 is 3.06 bits per heavy atom. The highest BCUT2D eigenvalue weighted by molar-refractivity contribution is 7.99. The third-order valence-electron chi connectivity index (χ3n) is 3.05. The Balaban J connectivity index is 1.64. The van der Waals surface area contributed by atoms with Crippen LogP contribution in [0.15, 0.2) is 30.6 Å². The van der Waals surface area contributed by atoms with Crippen LogP contribution in [0.4, 0.5) is 0 Å². The summed E-state index contributed by atoms with van der Waals surface area (Å²) in [5.74, 6) is 1.01. The Labute approximate surface area is 105 Å². The second-order valence-electron chi connectivity index (χ2n) is 4.32. The van der Waals surface area contributed by atoms with Gasteiger partial charge >= 0.3 is 0 Å². The van der Waals surface area contributed by atoms with Gasteiger partial charge < -0.3 is 9.14 Å². The summed E-state index contributed by atoms with van der Waals surface area (Å²) in [6, 6.07) is 6.10. The van der Waals surface area contributed by atoms with E-state index >= 15 is 0 Å². The molecule has 1 fully saturated rings. The molecule has 1 aliphatic heterocycles. The number of nitrogens with zero attached hydrogens (tertiary/aromatic N) is 2. The fourth-order valence-electron chi connectivity index (χ4n) is 2.10. The minimum absolute atomic E-state index is 0.744. The molecular formula is C13H16N2OS. The second-order valence-corrected chi connectivity index (χ2v) is 5.61. The topological polar surface area (TPSA) is 26.5 Å². The molecule has 90 valence electrons. The van der Waals surface area contributed by atoms with E-state index in [1.54, 1.807) is 0 Å². The Morgan fingerprint density at radius 2 is 2.24 bits per heavy atom. The molecule has 2 aromatic heterocycles. The number of imidazole rings is 1. The van der Waals surface area contributed by atoms with Crippen LogP contribution in [0.5, 0.6) is 0 Å². The van der Waals surface area contributed by atoms with Gasteiger partial charge in [0, 0.05) is 36.6 Å². The van der Waals surface area contributed by atoms with Gasteiger partial charge in [0.1, 0.15) is 5.65 Å². The molecule has 0 unspecified atom stereocenters. The van der Waals surface area contributed by atoms with E-state index in [1.807, 2.05) is 36.2 Å². The van der Waals surface area contributed by atoms with Crippen molar-refractivity contribution in [2.24, 2.45) is 0 Å². The Kier molecular flexibility index (Phi) is 3.34. The van der Waals surface area contributed by atoms with Crippen LogP contribution in [-0.4, -0.2) is 27.8 Å². The molecule has 0 aromatic carbocycles. The fraction of sp³-hybridized carbons (Fsp3) is 0.462. The zero-order valence-corrected chi connectivity index (χ0v) is 10.5. The van der Waals surface area contributed by atoms with Crippen molar-refractivity contribution in [3.8, 4) is 0 Å². The van der Waals surface area contributed by atoms with E-state index in [2.05, 4.69) is 15.6 Å². The normalized spacial score (nSPS) is 17.6. The molecular weight excluding hydrogens is 232 g/mol. The number of thioether (sulfide) groups is 1. The van der Waals surface area contributed by atoms with Crippen LogP contribution < -0.4 is 0 Å². The van der Waals surface area contributed by atoms with Gasteiger partial charge in [0.05, 0.1) is 5.69 Å². The number of rotatable bonds is 3. The smallest absolute Gasteiger partial charge is 0.137 e. The first kappa shape index (κ1) is 11.1. The van der Waals surface area contributed by atoms with Gasteiger partial charge in [-0.2, -0.15) is 11.8 Å². The molecule has 4 heteroatoms. The summed E-state index contributed by atoms with van der Waals surface area (Å²) in [4.78, 5) is 4.61. The molecule has 1 aliphatic rings. The quantitative estimate of drug-likeness (QED) is 0.835. The summed E-state index contributed by atoms with van der Waals surface area (Å²) in [5, 5.41) is 0.744. The lowest BCUT2D eigenvalue weighted by molar-refractivity contribution is 0.1000. The van der Waals surface area contributed by atoms with Crippen LogP contribution in [0.25, 0.3) is 5.65 Å². The van der Waals surface area contributed by atoms with Gasteiger partial charge in [-0.3, -0.25) is 0 Å². The van der Waals surface area contributed by atoms with Crippen LogP contribution in [0.2, 0.25) is 0 Å². The maximum Gasteiger partial charge on any atom is 0.137 e. The standard InChI is InChI=1S/C13H16N2OS/c1-2-6-15-9-11(14-13(15)3-1)10-17-12-4-7-16-8-5-12/h1-3,6,9,12H,4-5,7-8,10H2. The maximum atomic E-state index is 5.37. The molecule has 0 amide bonds. The second kappa shape index (κ2) is 5.10. The summed E-state index contributed by atoms with van der Waals surface area (Å²) in [6.45, 7) is 1.84. The van der Waals surface area contributed by atoms with E-state index in [0.29, 0.717) is 0 Å². The average Bonchev–Trinajstić information content (AvgIpc) is 2.80. The molecule has 0 bridgehead atoms. The van der Waals surface area contributed by atoms with Gasteiger partial charge in [-0.1, -0.05) is 6.07 Å². The van der Waals surface area contributed by atoms with Gasteiger partial charge in [-0.15, -0.1) is 0 Å². The molecule has 0 radical (unpaired) electrons. The summed E-state index contributed by atoms with van der Waals surface area (Å²) in [5.41, 5.74) is 2.21. The van der Waals surface area contributed by atoms with Crippen molar-refractivity contribution in [2.75, 3.05) is 13.2 Å². The van der Waals surface area contributed by atoms with Crippen molar-refractivity contribution < 1.29 is 4.74 Å². The third-order valence-corrected chi connectivity index (χ3v) is 4.45. The van der Waals surface area contributed by atoms with Crippen LogP contribution in [-0.2, 0) is 10.5 Å². The number of hydrogen-bond donors (Lipinski definition) is 0. The summed E-state index contributed by atoms with van der Waals surface area (Å²) in [7, 11) is 0. The molecule has 3 rings (SSSR count). The molecule has 0 saturated carbocycles. The summed E-state index contributed by atoms with van der Waals surface area (Å²) < 4.78 is 7.45. The van der Waals surface area contributed by atoms with E-state index in [-0.39, 0.29) is 0 Å². The maximum absolute atomic E-state index is 5.37. The molecule has 3 nitrogen and oxygen atoms in total. The largest absolute Gasteiger partial charge is 0.381 e. The van der Waals surface area contributed by atoms with Crippen molar-refractivity contribution in [1.29, 1.82) is 0 Å². The van der Waals surface area contributed by atoms with Crippen molar-refractivity contribution in [1.82, 2.24) is 9.38 Å². The Hall–Kier alpha value is -1.00. The lowest BCUT2D eigenvalue weighted by Crippen LogP contribution is -2.17. The van der Waals surface area contributed by atoms with Crippen LogP contribution >= 0.6 is 11.8 Å². The summed E-state index contributed by atoms with van der Waals surface area (Å²) >= 11 is 2.01. The van der Waals surface area contributed by atoms with Crippen molar-refractivity contribution in [2.45, 2.75) is 23.8 Å². The first-order chi connectivity index (χ1) is 8.42. The first-order valence-corrected chi connectivity index (χ1v) is 7.09. The highest BCUT2D eigenvalue weighted by Crippen LogP contribution is 2.25. The van der Waals surface area contributed by atoms with Gasteiger partial charge in [0.2, 0.25) is 0 Å². The minimum Gasteiger partial charge on any atom is -0.381 e. The molecule has 2 aromatic rings. The van der Waals surface area contributed by atoms with Crippen molar-refractivity contribution >= 4 is 17.4 Å². The van der Waals surface area contributed by atoms with E-state index in [0.717, 1.165) is 29.9 Å². The highest BCUT2D eigenvalue weighted by Gasteiger charge is 2.14. The van der Waals surface area contributed by atoms with Crippen LogP contribution in [0.1, 0.15) is 18.5 Å². The Morgan fingerprint density at radius 1 is 1.35 bits per heavy atom. The van der Waals surface area contributed by atoms with Crippen molar-refractivity contribution in [3.05, 3.63) is 36.3 Å². The molecule has 1 saturated heterocycles. The fourth-order valence-corrected chi connectivity index (χ4v) is 3.17. The molecule has 3 heterocycles. The lowest BCUT2D eigenvalue weighted by atomic mass is 10.2. The van der Waals surface area contributed by atoms with Gasteiger partial charge in [-0.25, -0.2) is 4.98 Å². The van der Waals surface area contributed by atoms with E-state index < -0.39 is 0 Å². The number of aromatic nitrogens is 2. The Bertz CT molecular complexity index is 458. The zero-order valence-electron chi connectivity index (χ0n) is 9.71. The summed E-state index contributed by atoms with van der Waals surface area (Å²) in [6.07, 6.45) is 6.53. The average molecular weight is 248 g/mol. The van der Waals surface area contributed by atoms with E-state index in [1.165, 1.54) is 18.5 Å². The number of fused-ring (bicyclic) bond motifs is 1. The van der Waals surface area contributed by atoms with Crippen LogP contribution in [0, 0.1) is 0 Å². The van der Waals surface area contributed by atoms with E-state index in [9.17, 15) is 0 Å². The SMILES string of the molecule is c1ccn2cc(CSC3CCOCC3)nc2c1. The minimum atomic E-state index is 0.744. The van der Waals surface area contributed by atoms with Gasteiger partial charge in [0.25, 0.3) is 0 Å². The first-order valence-electron chi connectivity index (χ1n) is 6.04. The van der Waals surface area contributed by atoms with Gasteiger partial charge in [-0.05, 0) is 25.0 Å². The molecule has 0 spiro atoms. The number of pyridine rings is 1. The highest BCUT2D eigenvalue weighted by atomic mass is 32.2. The third kappa shape index (κ3) is 2.64. The van der Waals surface area contributed by atoms with Crippen molar-refractivity contribution in [3.63, 3.8) is 0 Å². The predicted octanol–water partition coefficient (Wildman–Crippen LogP) is 2.75. The predicted molar refractivity (Wildman–Crippen MR) is 70.3 cm³/mol. The molecule has 0 atom stereocenters. The molecule has 17 heavy (non-hydrogen) atoms. The number of hydrogen-bond acceptors (Lipinski definition) is 3. The lowest BCUT2D eigenvalue weighted by Gasteiger charge is -2.20. The molecule has 0 N–H and O–H groups in total. The van der Waals surface area contributed by atoms with Crippen LogP contribution in [0.3, 0.4) is 0 Å². The van der Waals surface area contributed by atoms with Gasteiger partial charge in [0.15, 0.2) is 0 Å². The zero-order chi connectivity index (χ0) is 11.5. The number of ether oxygens (including phenoxy) is 1.